The van der Waals surface area contributed by atoms with Gasteiger partial charge in [-0.1, -0.05) is 22.6 Å². The number of aryl methyl sites for hydroxylation is 1. The van der Waals surface area contributed by atoms with Gasteiger partial charge in [0.2, 0.25) is 0 Å². The van der Waals surface area contributed by atoms with Crippen LogP contribution in [0.1, 0.15) is 11.4 Å². The minimum absolute atomic E-state index is 0. The van der Waals surface area contributed by atoms with Crippen molar-refractivity contribution in [2.45, 2.75) is 11.4 Å². The standard InChI is InChI=1S/C6H8IN3.BrH/c1-4-9-3-5(2-7)6(8)10-4;/h3H,2H2,1H3,(H2,8,9,10);1H. The smallest absolute Gasteiger partial charge is 0.131 e. The molecule has 1 aromatic heterocycles. The molecule has 1 heterocycles. The van der Waals surface area contributed by atoms with Crippen molar-refractivity contribution in [2.24, 2.45) is 0 Å². The van der Waals surface area contributed by atoms with Gasteiger partial charge in [0.1, 0.15) is 11.6 Å². The lowest BCUT2D eigenvalue weighted by molar-refractivity contribution is 1.04. The van der Waals surface area contributed by atoms with Crippen LogP contribution in [-0.2, 0) is 4.43 Å². The number of alkyl halides is 1. The topological polar surface area (TPSA) is 51.8 Å². The minimum Gasteiger partial charge on any atom is -0.383 e. The molecule has 5 heteroatoms. The van der Waals surface area contributed by atoms with Gasteiger partial charge in [0.05, 0.1) is 0 Å². The van der Waals surface area contributed by atoms with Crippen LogP contribution >= 0.6 is 39.6 Å². The highest BCUT2D eigenvalue weighted by atomic mass is 127. The van der Waals surface area contributed by atoms with Crippen molar-refractivity contribution in [3.63, 3.8) is 0 Å². The third-order valence-corrected chi connectivity index (χ3v) is 1.98. The van der Waals surface area contributed by atoms with Crippen LogP contribution in [0.15, 0.2) is 6.20 Å². The Morgan fingerprint density at radius 1 is 1.64 bits per heavy atom. The molecule has 3 nitrogen and oxygen atoms in total. The van der Waals surface area contributed by atoms with Gasteiger partial charge in [-0.2, -0.15) is 0 Å². The number of aromatic nitrogens is 2. The number of nitrogens with zero attached hydrogens (tertiary/aromatic N) is 2. The number of hydrogen-bond donors (Lipinski definition) is 1. The van der Waals surface area contributed by atoms with Gasteiger partial charge in [-0.25, -0.2) is 9.97 Å². The Kier molecular flexibility index (Phi) is 4.91. The lowest BCUT2D eigenvalue weighted by Gasteiger charge is -1.99. The van der Waals surface area contributed by atoms with E-state index in [0.717, 1.165) is 15.8 Å². The van der Waals surface area contributed by atoms with Gasteiger partial charge < -0.3 is 5.73 Å². The molecule has 62 valence electrons. The normalized spacial score (nSPS) is 8.91. The molecule has 0 saturated carbocycles. The molecule has 2 N–H and O–H groups in total. The van der Waals surface area contributed by atoms with E-state index in [0.29, 0.717) is 5.82 Å². The number of nitrogen functional groups attached to an aromatic ring is 1. The third-order valence-electron chi connectivity index (χ3n) is 1.16. The fourth-order valence-electron chi connectivity index (χ4n) is 0.615. The highest BCUT2D eigenvalue weighted by molar-refractivity contribution is 14.1. The highest BCUT2D eigenvalue weighted by Gasteiger charge is 1.97. The molecule has 0 aliphatic heterocycles. The first-order chi connectivity index (χ1) is 4.74. The first kappa shape index (κ1) is 11.1. The summed E-state index contributed by atoms with van der Waals surface area (Å²) in [7, 11) is 0. The van der Waals surface area contributed by atoms with Crippen LogP contribution in [0.3, 0.4) is 0 Å². The Bertz CT molecular complexity index is 241. The lowest BCUT2D eigenvalue weighted by Crippen LogP contribution is -1.99. The second-order valence-electron chi connectivity index (χ2n) is 1.96. The molecule has 0 spiro atoms. The van der Waals surface area contributed by atoms with Crippen LogP contribution < -0.4 is 5.73 Å². The summed E-state index contributed by atoms with van der Waals surface area (Å²) in [6.07, 6.45) is 1.77. The molecule has 0 saturated heterocycles. The number of hydrogen-bond acceptors (Lipinski definition) is 3. The van der Waals surface area contributed by atoms with E-state index in [1.54, 1.807) is 6.20 Å². The van der Waals surface area contributed by atoms with Crippen LogP contribution in [0.25, 0.3) is 0 Å². The van der Waals surface area contributed by atoms with Crippen molar-refractivity contribution in [3.05, 3.63) is 17.6 Å². The van der Waals surface area contributed by atoms with Crippen LogP contribution in [0.5, 0.6) is 0 Å². The fourth-order valence-corrected chi connectivity index (χ4v) is 1.20. The number of anilines is 1. The maximum Gasteiger partial charge on any atom is 0.131 e. The summed E-state index contributed by atoms with van der Waals surface area (Å²) < 4.78 is 0.865. The second-order valence-corrected chi connectivity index (χ2v) is 2.72. The average Bonchev–Trinajstić information content (AvgIpc) is 1.88. The maximum absolute atomic E-state index is 5.58. The molecule has 0 aliphatic rings. The Hall–Kier alpha value is 0.0900. The Balaban J connectivity index is 0.000001000. The van der Waals surface area contributed by atoms with Crippen LogP contribution in [0, 0.1) is 6.92 Å². The number of nitrogens with two attached hydrogens (primary N) is 1. The SMILES string of the molecule is Br.Cc1ncc(CI)c(N)n1. The predicted octanol–water partition coefficient (Wildman–Crippen LogP) is 1.88. The maximum atomic E-state index is 5.58. The fraction of sp³-hybridized carbons (Fsp3) is 0.333. The predicted molar refractivity (Wildman–Crippen MR) is 59.2 cm³/mol. The first-order valence-electron chi connectivity index (χ1n) is 2.88. The quantitative estimate of drug-likeness (QED) is 0.632. The van der Waals surface area contributed by atoms with Crippen molar-refractivity contribution >= 4 is 45.4 Å². The van der Waals surface area contributed by atoms with Crippen molar-refractivity contribution < 1.29 is 0 Å². The first-order valence-corrected chi connectivity index (χ1v) is 4.40. The van der Waals surface area contributed by atoms with E-state index in [-0.39, 0.29) is 17.0 Å². The van der Waals surface area contributed by atoms with Crippen molar-refractivity contribution in [1.29, 1.82) is 0 Å². The summed E-state index contributed by atoms with van der Waals surface area (Å²) in [5, 5.41) is 0. The van der Waals surface area contributed by atoms with E-state index in [4.69, 9.17) is 5.73 Å². The van der Waals surface area contributed by atoms with Gasteiger partial charge >= 0.3 is 0 Å². The molecule has 0 aromatic carbocycles. The van der Waals surface area contributed by atoms with E-state index >= 15 is 0 Å². The van der Waals surface area contributed by atoms with Crippen molar-refractivity contribution in [3.8, 4) is 0 Å². The summed E-state index contributed by atoms with van der Waals surface area (Å²) in [5.74, 6) is 1.33. The van der Waals surface area contributed by atoms with Crippen LogP contribution in [0.4, 0.5) is 5.82 Å². The summed E-state index contributed by atoms with van der Waals surface area (Å²) in [4.78, 5) is 8.02. The van der Waals surface area contributed by atoms with E-state index in [9.17, 15) is 0 Å². The molecule has 1 rings (SSSR count). The van der Waals surface area contributed by atoms with E-state index in [1.807, 2.05) is 6.92 Å². The van der Waals surface area contributed by atoms with E-state index < -0.39 is 0 Å². The molecule has 1 aromatic rings. The Labute approximate surface area is 89.7 Å². The zero-order valence-electron chi connectivity index (χ0n) is 6.04. The van der Waals surface area contributed by atoms with Gasteiger partial charge in [0.25, 0.3) is 0 Å². The highest BCUT2D eigenvalue weighted by Crippen LogP contribution is 2.10. The molecule has 11 heavy (non-hydrogen) atoms. The largest absolute Gasteiger partial charge is 0.383 e. The summed E-state index contributed by atoms with van der Waals surface area (Å²) in [5.41, 5.74) is 6.58. The van der Waals surface area contributed by atoms with Gasteiger partial charge in [-0.3, -0.25) is 0 Å². The third kappa shape index (κ3) is 2.90. The molecule has 0 radical (unpaired) electrons. The van der Waals surface area contributed by atoms with E-state index in [2.05, 4.69) is 32.6 Å². The molecule has 0 unspecified atom stereocenters. The Morgan fingerprint density at radius 2 is 2.27 bits per heavy atom. The molecule has 0 bridgehead atoms. The van der Waals surface area contributed by atoms with Gasteiger partial charge in [-0.05, 0) is 6.92 Å². The lowest BCUT2D eigenvalue weighted by atomic mass is 10.3. The van der Waals surface area contributed by atoms with E-state index in [1.165, 1.54) is 0 Å². The summed E-state index contributed by atoms with van der Waals surface area (Å²) in [6.45, 7) is 1.83. The molecule has 0 amide bonds. The van der Waals surface area contributed by atoms with Crippen molar-refractivity contribution in [2.75, 3.05) is 5.73 Å². The Morgan fingerprint density at radius 3 is 2.73 bits per heavy atom. The number of halogens is 2. The van der Waals surface area contributed by atoms with Crippen molar-refractivity contribution in [1.82, 2.24) is 9.97 Å². The number of rotatable bonds is 1. The van der Waals surface area contributed by atoms with Crippen LogP contribution in [-0.4, -0.2) is 9.97 Å². The monoisotopic (exact) mass is 329 g/mol. The molecular formula is C6H9BrIN3. The van der Waals surface area contributed by atoms with Gasteiger partial charge in [-0.15, -0.1) is 17.0 Å². The average molecular weight is 330 g/mol. The molecular weight excluding hydrogens is 321 g/mol. The minimum atomic E-state index is 0. The molecule has 0 fully saturated rings. The van der Waals surface area contributed by atoms with Crippen LogP contribution in [0.2, 0.25) is 0 Å². The zero-order valence-corrected chi connectivity index (χ0v) is 9.91. The summed E-state index contributed by atoms with van der Waals surface area (Å²) in [6, 6.07) is 0. The molecule has 0 atom stereocenters. The zero-order chi connectivity index (χ0) is 7.56. The molecule has 0 aliphatic carbocycles. The van der Waals surface area contributed by atoms with Gasteiger partial charge in [0, 0.05) is 16.2 Å². The second kappa shape index (κ2) is 4.87. The van der Waals surface area contributed by atoms with Gasteiger partial charge in [0.15, 0.2) is 0 Å². The summed E-state index contributed by atoms with van der Waals surface area (Å²) >= 11 is 2.23.